The molecule has 0 saturated heterocycles. The molecule has 0 heterocycles. The van der Waals surface area contributed by atoms with Gasteiger partial charge in [0.15, 0.2) is 9.84 Å². The van der Waals surface area contributed by atoms with E-state index >= 15 is 0 Å². The zero-order chi connectivity index (χ0) is 9.35. The van der Waals surface area contributed by atoms with Gasteiger partial charge in [0.1, 0.15) is 10.6 Å². The number of hydrogen-bond acceptors (Lipinski definition) is 3. The first-order valence-electron chi connectivity index (χ1n) is 3.10. The van der Waals surface area contributed by atoms with Crippen LogP contribution in [-0.4, -0.2) is 49.3 Å². The van der Waals surface area contributed by atoms with Crippen LogP contribution in [0.2, 0.25) is 5.02 Å². The Morgan fingerprint density at radius 2 is 1.92 bits per heavy atom. The second-order valence-corrected chi connectivity index (χ2v) is 4.80. The number of rotatable bonds is 1. The summed E-state index contributed by atoms with van der Waals surface area (Å²) in [6, 6.07) is 3.88. The molecular weight excluding hydrogens is 223 g/mol. The van der Waals surface area contributed by atoms with Crippen molar-refractivity contribution in [2.75, 3.05) is 6.26 Å². The summed E-state index contributed by atoms with van der Waals surface area (Å²) in [5, 5.41) is 9.47. The maximum atomic E-state index is 11.0. The first-order valence-corrected chi connectivity index (χ1v) is 5.37. The summed E-state index contributed by atoms with van der Waals surface area (Å²) in [5.41, 5.74) is 0. The van der Waals surface area contributed by atoms with Gasteiger partial charge in [-0.15, -0.1) is 0 Å². The van der Waals surface area contributed by atoms with E-state index in [-0.39, 0.29) is 40.2 Å². The van der Waals surface area contributed by atoms with Gasteiger partial charge in [-0.05, 0) is 18.2 Å². The van der Waals surface area contributed by atoms with Crippen LogP contribution in [0.5, 0.6) is 5.75 Å². The summed E-state index contributed by atoms with van der Waals surface area (Å²) < 4.78 is 21.9. The molecule has 13 heavy (non-hydrogen) atoms. The van der Waals surface area contributed by atoms with Gasteiger partial charge in [-0.25, -0.2) is 8.42 Å². The standard InChI is InChI=1S/C7H7ClO3S.Na.H/c1-12(10,11)7-3-2-5(8)4-6(7)9;;/h2-4,9H,1H3;;. The molecule has 1 aromatic carbocycles. The molecule has 0 amide bonds. The van der Waals surface area contributed by atoms with E-state index in [0.29, 0.717) is 5.02 Å². The van der Waals surface area contributed by atoms with Crippen LogP contribution in [0.4, 0.5) is 0 Å². The fourth-order valence-electron chi connectivity index (χ4n) is 0.804. The molecule has 1 N–H and O–H groups in total. The minimum absolute atomic E-state index is 0. The third-order valence-corrected chi connectivity index (χ3v) is 2.70. The van der Waals surface area contributed by atoms with Crippen LogP contribution in [-0.2, 0) is 9.84 Å². The summed E-state index contributed by atoms with van der Waals surface area (Å²) in [6.07, 6.45) is 1.02. The third-order valence-electron chi connectivity index (χ3n) is 1.32. The summed E-state index contributed by atoms with van der Waals surface area (Å²) in [6.45, 7) is 0. The second kappa shape index (κ2) is 4.66. The van der Waals surface area contributed by atoms with Crippen LogP contribution in [0, 0.1) is 0 Å². The Hall–Kier alpha value is 0.260. The molecule has 0 aliphatic heterocycles. The molecule has 0 saturated carbocycles. The van der Waals surface area contributed by atoms with Gasteiger partial charge in [-0.2, -0.15) is 0 Å². The van der Waals surface area contributed by atoms with Crippen molar-refractivity contribution in [1.82, 2.24) is 0 Å². The fraction of sp³-hybridized carbons (Fsp3) is 0.143. The number of hydrogen-bond donors (Lipinski definition) is 1. The SMILES string of the molecule is CS(=O)(=O)c1ccc(Cl)cc1O.[NaH]. The van der Waals surface area contributed by atoms with Crippen LogP contribution in [0.3, 0.4) is 0 Å². The van der Waals surface area contributed by atoms with E-state index in [1.165, 1.54) is 18.2 Å². The van der Waals surface area contributed by atoms with Crippen LogP contribution < -0.4 is 0 Å². The Balaban J connectivity index is 0.00000144. The molecule has 6 heteroatoms. The maximum absolute atomic E-state index is 11.0. The Kier molecular flexibility index (Phi) is 4.76. The molecule has 1 rings (SSSR count). The van der Waals surface area contributed by atoms with Crippen molar-refractivity contribution in [1.29, 1.82) is 0 Å². The third kappa shape index (κ3) is 3.48. The van der Waals surface area contributed by atoms with E-state index in [1.807, 2.05) is 0 Å². The van der Waals surface area contributed by atoms with Gasteiger partial charge >= 0.3 is 29.6 Å². The molecule has 68 valence electrons. The van der Waals surface area contributed by atoms with Crippen molar-refractivity contribution in [2.45, 2.75) is 4.90 Å². The number of phenols is 1. The number of halogens is 1. The van der Waals surface area contributed by atoms with E-state index in [1.54, 1.807) is 0 Å². The first-order chi connectivity index (χ1) is 5.41. The Morgan fingerprint density at radius 1 is 1.38 bits per heavy atom. The van der Waals surface area contributed by atoms with Crippen LogP contribution >= 0.6 is 11.6 Å². The van der Waals surface area contributed by atoms with Crippen LogP contribution in [0.25, 0.3) is 0 Å². The fourth-order valence-corrected chi connectivity index (χ4v) is 1.72. The van der Waals surface area contributed by atoms with E-state index in [0.717, 1.165) is 6.26 Å². The van der Waals surface area contributed by atoms with Crippen LogP contribution in [0.15, 0.2) is 23.1 Å². The Labute approximate surface area is 104 Å². The van der Waals surface area contributed by atoms with E-state index in [2.05, 4.69) is 0 Å². The molecule has 0 radical (unpaired) electrons. The number of phenolic OH excluding ortho intramolecular Hbond substituents is 1. The van der Waals surface area contributed by atoms with Gasteiger partial charge in [-0.1, -0.05) is 11.6 Å². The first kappa shape index (κ1) is 13.3. The summed E-state index contributed by atoms with van der Waals surface area (Å²) >= 11 is 5.51. The van der Waals surface area contributed by atoms with Crippen molar-refractivity contribution in [3.63, 3.8) is 0 Å². The van der Waals surface area contributed by atoms with Crippen molar-refractivity contribution in [3.05, 3.63) is 23.2 Å². The van der Waals surface area contributed by atoms with Crippen molar-refractivity contribution >= 4 is 51.0 Å². The quantitative estimate of drug-likeness (QED) is 0.726. The van der Waals surface area contributed by atoms with E-state index in [9.17, 15) is 8.42 Å². The summed E-state index contributed by atoms with van der Waals surface area (Å²) in [5.74, 6) is -0.315. The van der Waals surface area contributed by atoms with Gasteiger partial charge in [0.25, 0.3) is 0 Å². The molecule has 3 nitrogen and oxygen atoms in total. The Morgan fingerprint density at radius 3 is 2.31 bits per heavy atom. The normalized spacial score (nSPS) is 10.6. The zero-order valence-electron chi connectivity index (χ0n) is 6.28. The Bertz CT molecular complexity index is 402. The van der Waals surface area contributed by atoms with Gasteiger partial charge < -0.3 is 5.11 Å². The summed E-state index contributed by atoms with van der Waals surface area (Å²) in [4.78, 5) is -0.105. The second-order valence-electron chi connectivity index (χ2n) is 2.38. The average Bonchev–Trinajstić information content (AvgIpc) is 1.83. The molecule has 0 fully saturated rings. The van der Waals surface area contributed by atoms with Crippen molar-refractivity contribution in [3.8, 4) is 5.75 Å². The molecule has 0 atom stereocenters. The van der Waals surface area contributed by atoms with Crippen LogP contribution in [0.1, 0.15) is 0 Å². The molecule has 0 bridgehead atoms. The number of sulfone groups is 1. The van der Waals surface area contributed by atoms with Gasteiger partial charge in [-0.3, -0.25) is 0 Å². The monoisotopic (exact) mass is 230 g/mol. The molecule has 1 aromatic rings. The van der Waals surface area contributed by atoms with Gasteiger partial charge in [0.2, 0.25) is 0 Å². The zero-order valence-corrected chi connectivity index (χ0v) is 7.85. The van der Waals surface area contributed by atoms with Crippen molar-refractivity contribution in [2.24, 2.45) is 0 Å². The predicted molar refractivity (Wildman–Crippen MR) is 53.4 cm³/mol. The predicted octanol–water partition coefficient (Wildman–Crippen LogP) is 0.801. The molecular formula is C7H8ClNaO3S. The molecule has 0 unspecified atom stereocenters. The number of benzene rings is 1. The molecule has 0 aliphatic rings. The molecule has 0 aromatic heterocycles. The van der Waals surface area contributed by atoms with E-state index in [4.69, 9.17) is 16.7 Å². The number of aromatic hydroxyl groups is 1. The van der Waals surface area contributed by atoms with E-state index < -0.39 is 9.84 Å². The molecule has 0 spiro atoms. The van der Waals surface area contributed by atoms with Gasteiger partial charge in [0.05, 0.1) is 0 Å². The minimum atomic E-state index is -3.36. The summed E-state index contributed by atoms with van der Waals surface area (Å²) in [7, 11) is -3.36. The molecule has 0 aliphatic carbocycles. The topological polar surface area (TPSA) is 54.4 Å². The van der Waals surface area contributed by atoms with Gasteiger partial charge in [0, 0.05) is 11.3 Å². The average molecular weight is 231 g/mol. The van der Waals surface area contributed by atoms with Crippen molar-refractivity contribution < 1.29 is 13.5 Å².